The van der Waals surface area contributed by atoms with Crippen molar-refractivity contribution in [3.8, 4) is 0 Å². The highest BCUT2D eigenvalue weighted by molar-refractivity contribution is 5.88. The molecule has 5 nitrogen and oxygen atoms in total. The van der Waals surface area contributed by atoms with Gasteiger partial charge >= 0.3 is 6.03 Å². The Labute approximate surface area is 95.9 Å². The molecule has 0 aromatic heterocycles. The van der Waals surface area contributed by atoms with Crippen molar-refractivity contribution in [2.45, 2.75) is 50.6 Å². The predicted molar refractivity (Wildman–Crippen MR) is 62.4 cm³/mol. The number of rotatable bonds is 2. The van der Waals surface area contributed by atoms with E-state index in [0.29, 0.717) is 6.04 Å². The third kappa shape index (κ3) is 2.28. The van der Waals surface area contributed by atoms with Crippen LogP contribution in [-0.4, -0.2) is 35.4 Å². The van der Waals surface area contributed by atoms with Gasteiger partial charge in [0.05, 0.1) is 6.04 Å². The lowest BCUT2D eigenvalue weighted by Crippen LogP contribution is -2.50. The minimum atomic E-state index is -0.179. The molecule has 2 rings (SSSR count). The highest BCUT2D eigenvalue weighted by Crippen LogP contribution is 2.20. The van der Waals surface area contributed by atoms with Gasteiger partial charge in [0.1, 0.15) is 5.84 Å². The van der Waals surface area contributed by atoms with Crippen LogP contribution in [0.5, 0.6) is 0 Å². The molecule has 1 atom stereocenters. The molecule has 0 aromatic carbocycles. The summed E-state index contributed by atoms with van der Waals surface area (Å²) in [5.74, 6) is 0.110. The molecule has 1 heterocycles. The Kier molecular flexibility index (Phi) is 3.31. The molecule has 90 valence electrons. The van der Waals surface area contributed by atoms with Gasteiger partial charge in [-0.3, -0.25) is 5.41 Å². The molecule has 0 spiro atoms. The minimum Gasteiger partial charge on any atom is -0.386 e. The van der Waals surface area contributed by atoms with Crippen molar-refractivity contribution in [1.82, 2.24) is 10.2 Å². The number of nitrogens with one attached hydrogen (secondary N) is 2. The third-order valence-electron chi connectivity index (χ3n) is 3.56. The van der Waals surface area contributed by atoms with Crippen LogP contribution in [0.25, 0.3) is 0 Å². The standard InChI is InChI=1S/C11H20N4O/c12-10(13)9-6-3-7-15(9)11(16)14-8-4-1-2-5-8/h8-9H,1-7H2,(H3,12,13)(H,14,16). The monoisotopic (exact) mass is 224 g/mol. The molecule has 5 heteroatoms. The van der Waals surface area contributed by atoms with Gasteiger partial charge in [-0.1, -0.05) is 12.8 Å². The smallest absolute Gasteiger partial charge is 0.318 e. The molecule has 4 N–H and O–H groups in total. The lowest BCUT2D eigenvalue weighted by atomic mass is 10.2. The van der Waals surface area contributed by atoms with Crippen LogP contribution >= 0.6 is 0 Å². The second kappa shape index (κ2) is 4.72. The van der Waals surface area contributed by atoms with Crippen molar-refractivity contribution in [2.24, 2.45) is 5.73 Å². The number of hydrogen-bond acceptors (Lipinski definition) is 2. The van der Waals surface area contributed by atoms with Crippen LogP contribution in [0.3, 0.4) is 0 Å². The fourth-order valence-electron chi connectivity index (χ4n) is 2.66. The molecule has 16 heavy (non-hydrogen) atoms. The lowest BCUT2D eigenvalue weighted by molar-refractivity contribution is 0.198. The molecule has 0 radical (unpaired) electrons. The summed E-state index contributed by atoms with van der Waals surface area (Å²) in [5.41, 5.74) is 5.50. The fraction of sp³-hybridized carbons (Fsp3) is 0.818. The molecule has 2 fully saturated rings. The second-order valence-corrected chi connectivity index (χ2v) is 4.74. The normalized spacial score (nSPS) is 26.0. The highest BCUT2D eigenvalue weighted by Gasteiger charge is 2.32. The van der Waals surface area contributed by atoms with Gasteiger partial charge in [-0.2, -0.15) is 0 Å². The van der Waals surface area contributed by atoms with E-state index in [1.54, 1.807) is 4.90 Å². The van der Waals surface area contributed by atoms with E-state index in [1.165, 1.54) is 12.8 Å². The van der Waals surface area contributed by atoms with Crippen LogP contribution in [0, 0.1) is 5.41 Å². The molecule has 0 aromatic rings. The zero-order valence-electron chi connectivity index (χ0n) is 9.54. The van der Waals surface area contributed by atoms with Crippen molar-refractivity contribution in [3.05, 3.63) is 0 Å². The molecule has 1 saturated carbocycles. The Balaban J connectivity index is 1.90. The predicted octanol–water partition coefficient (Wildman–Crippen LogP) is 1.04. The Bertz CT molecular complexity index is 286. The van der Waals surface area contributed by atoms with E-state index in [1.807, 2.05) is 0 Å². The molecule has 0 bridgehead atoms. The van der Waals surface area contributed by atoms with Gasteiger partial charge in [0, 0.05) is 12.6 Å². The van der Waals surface area contributed by atoms with Gasteiger partial charge in [0.2, 0.25) is 0 Å². The number of nitrogens with zero attached hydrogens (tertiary/aromatic N) is 1. The Morgan fingerprint density at radius 3 is 2.56 bits per heavy atom. The first-order valence-electron chi connectivity index (χ1n) is 6.09. The second-order valence-electron chi connectivity index (χ2n) is 4.74. The van der Waals surface area contributed by atoms with E-state index in [4.69, 9.17) is 11.1 Å². The van der Waals surface area contributed by atoms with Gasteiger partial charge in [0.25, 0.3) is 0 Å². The van der Waals surface area contributed by atoms with Crippen molar-refractivity contribution < 1.29 is 4.79 Å². The maximum Gasteiger partial charge on any atom is 0.318 e. The summed E-state index contributed by atoms with van der Waals surface area (Å²) in [5, 5.41) is 10.5. The third-order valence-corrected chi connectivity index (χ3v) is 3.56. The van der Waals surface area contributed by atoms with Crippen LogP contribution in [0.4, 0.5) is 4.79 Å². The van der Waals surface area contributed by atoms with Crippen LogP contribution in [0.1, 0.15) is 38.5 Å². The van der Waals surface area contributed by atoms with Gasteiger partial charge in [-0.05, 0) is 25.7 Å². The van der Waals surface area contributed by atoms with E-state index in [2.05, 4.69) is 5.32 Å². The Hall–Kier alpha value is -1.26. The molecule has 1 aliphatic heterocycles. The van der Waals surface area contributed by atoms with E-state index in [9.17, 15) is 4.79 Å². The van der Waals surface area contributed by atoms with Crippen molar-refractivity contribution in [1.29, 1.82) is 5.41 Å². The van der Waals surface area contributed by atoms with Gasteiger partial charge in [-0.25, -0.2) is 4.79 Å². The number of carbonyl (C=O) groups is 1. The molecule has 2 amide bonds. The number of amides is 2. The first-order valence-corrected chi connectivity index (χ1v) is 6.09. The van der Waals surface area contributed by atoms with Crippen molar-refractivity contribution in [2.75, 3.05) is 6.54 Å². The summed E-state index contributed by atoms with van der Waals surface area (Å²) in [4.78, 5) is 13.7. The number of nitrogens with two attached hydrogens (primary N) is 1. The summed E-state index contributed by atoms with van der Waals surface area (Å²) in [7, 11) is 0. The van der Waals surface area contributed by atoms with Gasteiger partial charge in [0.15, 0.2) is 0 Å². The maximum absolute atomic E-state index is 12.0. The van der Waals surface area contributed by atoms with Crippen LogP contribution in [-0.2, 0) is 0 Å². The van der Waals surface area contributed by atoms with Crippen LogP contribution in [0.2, 0.25) is 0 Å². The summed E-state index contributed by atoms with van der Waals surface area (Å²) < 4.78 is 0. The van der Waals surface area contributed by atoms with Gasteiger partial charge < -0.3 is 16.0 Å². The van der Waals surface area contributed by atoms with E-state index >= 15 is 0 Å². The Morgan fingerprint density at radius 2 is 1.94 bits per heavy atom. The summed E-state index contributed by atoms with van der Waals surface area (Å²) >= 11 is 0. The SMILES string of the molecule is N=C(N)C1CCCN1C(=O)NC1CCCC1. The summed E-state index contributed by atoms with van der Waals surface area (Å²) in [6.45, 7) is 0.725. The van der Waals surface area contributed by atoms with Crippen molar-refractivity contribution >= 4 is 11.9 Å². The fourth-order valence-corrected chi connectivity index (χ4v) is 2.66. The molecule has 2 aliphatic rings. The summed E-state index contributed by atoms with van der Waals surface area (Å²) in [6.07, 6.45) is 6.37. The van der Waals surface area contributed by atoms with E-state index in [-0.39, 0.29) is 17.9 Å². The lowest BCUT2D eigenvalue weighted by Gasteiger charge is -2.25. The highest BCUT2D eigenvalue weighted by atomic mass is 16.2. The zero-order chi connectivity index (χ0) is 11.5. The number of urea groups is 1. The van der Waals surface area contributed by atoms with E-state index in [0.717, 1.165) is 32.2 Å². The van der Waals surface area contributed by atoms with Gasteiger partial charge in [-0.15, -0.1) is 0 Å². The summed E-state index contributed by atoms with van der Waals surface area (Å²) in [6, 6.07) is 0.117. The Morgan fingerprint density at radius 1 is 1.25 bits per heavy atom. The molecule has 1 aliphatic carbocycles. The number of hydrogen-bond donors (Lipinski definition) is 3. The van der Waals surface area contributed by atoms with Crippen LogP contribution in [0.15, 0.2) is 0 Å². The average Bonchev–Trinajstić information content (AvgIpc) is 2.86. The molecule has 1 unspecified atom stereocenters. The largest absolute Gasteiger partial charge is 0.386 e. The van der Waals surface area contributed by atoms with E-state index < -0.39 is 0 Å². The maximum atomic E-state index is 12.0. The molecular formula is C11H20N4O. The number of likely N-dealkylation sites (tertiary alicyclic amines) is 1. The minimum absolute atomic E-state index is 0.0374. The quantitative estimate of drug-likeness (QED) is 0.484. The molecular weight excluding hydrogens is 204 g/mol. The topological polar surface area (TPSA) is 82.2 Å². The number of amidine groups is 1. The first kappa shape index (κ1) is 11.2. The molecule has 1 saturated heterocycles. The number of carbonyl (C=O) groups excluding carboxylic acids is 1. The first-order chi connectivity index (χ1) is 7.68. The van der Waals surface area contributed by atoms with Crippen LogP contribution < -0.4 is 11.1 Å². The average molecular weight is 224 g/mol. The van der Waals surface area contributed by atoms with Crippen molar-refractivity contribution in [3.63, 3.8) is 0 Å². The zero-order valence-corrected chi connectivity index (χ0v) is 9.54.